The Morgan fingerprint density at radius 2 is 2.07 bits per heavy atom. The van der Waals surface area contributed by atoms with Gasteiger partial charge in [-0.25, -0.2) is 0 Å². The molecular weight excluding hydrogens is 215 g/mol. The van der Waals surface area contributed by atoms with Crippen molar-refractivity contribution in [1.29, 1.82) is 0 Å². The SMILES string of the molecule is CCC(NC)c1nnc(C(F)(F)F)s1. The van der Waals surface area contributed by atoms with Gasteiger partial charge in [0.2, 0.25) is 5.01 Å². The van der Waals surface area contributed by atoms with Crippen molar-refractivity contribution in [3.05, 3.63) is 10.0 Å². The molecule has 1 aromatic rings. The van der Waals surface area contributed by atoms with Crippen LogP contribution in [0.1, 0.15) is 29.4 Å². The van der Waals surface area contributed by atoms with Gasteiger partial charge in [0, 0.05) is 0 Å². The molecule has 0 spiro atoms. The van der Waals surface area contributed by atoms with Crippen molar-refractivity contribution < 1.29 is 13.2 Å². The maximum atomic E-state index is 12.2. The maximum absolute atomic E-state index is 12.2. The molecule has 1 aromatic heterocycles. The van der Waals surface area contributed by atoms with Gasteiger partial charge in [-0.3, -0.25) is 0 Å². The Balaban J connectivity index is 2.87. The van der Waals surface area contributed by atoms with Gasteiger partial charge in [-0.2, -0.15) is 13.2 Å². The van der Waals surface area contributed by atoms with Gasteiger partial charge >= 0.3 is 6.18 Å². The topological polar surface area (TPSA) is 37.8 Å². The Morgan fingerprint density at radius 3 is 2.43 bits per heavy atom. The fourth-order valence-electron chi connectivity index (χ4n) is 0.992. The van der Waals surface area contributed by atoms with Crippen LogP contribution < -0.4 is 5.32 Å². The minimum atomic E-state index is -4.39. The van der Waals surface area contributed by atoms with E-state index in [0.717, 1.165) is 0 Å². The summed E-state index contributed by atoms with van der Waals surface area (Å²) in [6.45, 7) is 1.87. The molecule has 1 N–H and O–H groups in total. The van der Waals surface area contributed by atoms with E-state index in [4.69, 9.17) is 0 Å². The molecule has 0 saturated heterocycles. The predicted molar refractivity (Wildman–Crippen MR) is 47.0 cm³/mol. The monoisotopic (exact) mass is 225 g/mol. The smallest absolute Gasteiger partial charge is 0.311 e. The lowest BCUT2D eigenvalue weighted by molar-refractivity contribution is -0.138. The lowest BCUT2D eigenvalue weighted by Gasteiger charge is -2.08. The zero-order chi connectivity index (χ0) is 10.8. The van der Waals surface area contributed by atoms with E-state index in [1.54, 1.807) is 7.05 Å². The Bertz CT molecular complexity index is 293. The number of hydrogen-bond acceptors (Lipinski definition) is 4. The standard InChI is InChI=1S/C7H10F3N3S/c1-3-4(11-2)5-12-13-6(14-5)7(8,9)10/h4,11H,3H2,1-2H3. The molecule has 0 aliphatic heterocycles. The van der Waals surface area contributed by atoms with E-state index in [2.05, 4.69) is 15.5 Å². The fraction of sp³-hybridized carbons (Fsp3) is 0.714. The molecule has 0 radical (unpaired) electrons. The molecule has 0 amide bonds. The molecule has 0 aromatic carbocycles. The largest absolute Gasteiger partial charge is 0.445 e. The first kappa shape index (κ1) is 11.4. The third-order valence-electron chi connectivity index (χ3n) is 1.74. The van der Waals surface area contributed by atoms with E-state index >= 15 is 0 Å². The van der Waals surface area contributed by atoms with Gasteiger partial charge in [0.15, 0.2) is 0 Å². The van der Waals surface area contributed by atoms with E-state index in [1.807, 2.05) is 6.92 Å². The second-order valence-electron chi connectivity index (χ2n) is 2.69. The van der Waals surface area contributed by atoms with Crippen molar-refractivity contribution in [2.45, 2.75) is 25.6 Å². The number of halogens is 3. The number of aromatic nitrogens is 2. The van der Waals surface area contributed by atoms with E-state index in [9.17, 15) is 13.2 Å². The van der Waals surface area contributed by atoms with Crippen molar-refractivity contribution >= 4 is 11.3 Å². The molecule has 80 valence electrons. The number of rotatable bonds is 3. The summed E-state index contributed by atoms with van der Waals surface area (Å²) in [5, 5.41) is 8.98. The Kier molecular flexibility index (Phi) is 3.43. The molecule has 0 bridgehead atoms. The molecule has 0 fully saturated rings. The fourth-order valence-corrected chi connectivity index (χ4v) is 1.90. The van der Waals surface area contributed by atoms with Crippen molar-refractivity contribution in [1.82, 2.24) is 15.5 Å². The average molecular weight is 225 g/mol. The van der Waals surface area contributed by atoms with Gasteiger partial charge in [0.05, 0.1) is 6.04 Å². The van der Waals surface area contributed by atoms with Crippen molar-refractivity contribution in [3.63, 3.8) is 0 Å². The van der Waals surface area contributed by atoms with Crippen LogP contribution in [0.5, 0.6) is 0 Å². The van der Waals surface area contributed by atoms with Gasteiger partial charge < -0.3 is 5.32 Å². The van der Waals surface area contributed by atoms with Crippen LogP contribution in [0.4, 0.5) is 13.2 Å². The van der Waals surface area contributed by atoms with Crippen LogP contribution in [0.3, 0.4) is 0 Å². The van der Waals surface area contributed by atoms with Crippen LogP contribution in [0.2, 0.25) is 0 Å². The van der Waals surface area contributed by atoms with E-state index in [0.29, 0.717) is 22.8 Å². The number of alkyl halides is 3. The zero-order valence-corrected chi connectivity index (χ0v) is 8.54. The highest BCUT2D eigenvalue weighted by molar-refractivity contribution is 7.11. The summed E-state index contributed by atoms with van der Waals surface area (Å²) in [6, 6.07) is -0.149. The zero-order valence-electron chi connectivity index (χ0n) is 7.72. The second-order valence-corrected chi connectivity index (χ2v) is 3.70. The summed E-state index contributed by atoms with van der Waals surface area (Å²) in [6.07, 6.45) is -3.70. The predicted octanol–water partition coefficient (Wildman–Crippen LogP) is 2.23. The van der Waals surface area contributed by atoms with Crippen molar-refractivity contribution in [2.24, 2.45) is 0 Å². The Labute approximate surface area is 83.4 Å². The molecule has 7 heteroatoms. The molecule has 14 heavy (non-hydrogen) atoms. The molecule has 0 saturated carbocycles. The number of nitrogens with zero attached hydrogens (tertiary/aromatic N) is 2. The first-order chi connectivity index (χ1) is 6.49. The molecule has 0 aliphatic carbocycles. The minimum absolute atomic E-state index is 0.149. The summed E-state index contributed by atoms with van der Waals surface area (Å²) in [5.41, 5.74) is 0. The highest BCUT2D eigenvalue weighted by Crippen LogP contribution is 2.33. The minimum Gasteiger partial charge on any atom is -0.311 e. The average Bonchev–Trinajstić information content (AvgIpc) is 2.54. The lowest BCUT2D eigenvalue weighted by Crippen LogP contribution is -2.14. The molecule has 1 unspecified atom stereocenters. The Morgan fingerprint density at radius 1 is 1.43 bits per heavy atom. The van der Waals surface area contributed by atoms with Crippen LogP contribution in [0, 0.1) is 0 Å². The summed E-state index contributed by atoms with van der Waals surface area (Å²) < 4.78 is 36.5. The summed E-state index contributed by atoms with van der Waals surface area (Å²) in [7, 11) is 1.68. The molecule has 0 aliphatic rings. The van der Waals surface area contributed by atoms with Gasteiger partial charge in [-0.15, -0.1) is 10.2 Å². The van der Waals surface area contributed by atoms with E-state index in [1.165, 1.54) is 0 Å². The third kappa shape index (κ3) is 2.42. The van der Waals surface area contributed by atoms with Gasteiger partial charge in [-0.1, -0.05) is 18.3 Å². The van der Waals surface area contributed by atoms with Crippen LogP contribution in [-0.4, -0.2) is 17.2 Å². The highest BCUT2D eigenvalue weighted by Gasteiger charge is 2.36. The summed E-state index contributed by atoms with van der Waals surface area (Å²) in [5.74, 6) is 0. The number of hydrogen-bond donors (Lipinski definition) is 1. The van der Waals surface area contributed by atoms with E-state index < -0.39 is 11.2 Å². The van der Waals surface area contributed by atoms with E-state index in [-0.39, 0.29) is 6.04 Å². The van der Waals surface area contributed by atoms with Crippen molar-refractivity contribution in [3.8, 4) is 0 Å². The second kappa shape index (κ2) is 4.22. The van der Waals surface area contributed by atoms with Crippen molar-refractivity contribution in [2.75, 3.05) is 7.05 Å². The quantitative estimate of drug-likeness (QED) is 0.857. The third-order valence-corrected chi connectivity index (χ3v) is 2.82. The van der Waals surface area contributed by atoms with Crippen LogP contribution in [0.15, 0.2) is 0 Å². The Hall–Kier alpha value is -0.690. The summed E-state index contributed by atoms with van der Waals surface area (Å²) >= 11 is 0.587. The van der Waals surface area contributed by atoms with Gasteiger partial charge in [0.25, 0.3) is 0 Å². The highest BCUT2D eigenvalue weighted by atomic mass is 32.1. The first-order valence-corrected chi connectivity index (χ1v) is 4.88. The lowest BCUT2D eigenvalue weighted by atomic mass is 10.2. The molecule has 1 atom stereocenters. The van der Waals surface area contributed by atoms with Crippen LogP contribution in [-0.2, 0) is 6.18 Å². The maximum Gasteiger partial charge on any atom is 0.445 e. The van der Waals surface area contributed by atoms with Gasteiger partial charge in [0.1, 0.15) is 5.01 Å². The molecule has 3 nitrogen and oxygen atoms in total. The molecule has 1 rings (SSSR count). The molecular formula is C7H10F3N3S. The molecule has 1 heterocycles. The number of nitrogens with one attached hydrogen (secondary N) is 1. The van der Waals surface area contributed by atoms with Gasteiger partial charge in [-0.05, 0) is 13.5 Å². The summed E-state index contributed by atoms with van der Waals surface area (Å²) in [4.78, 5) is 0. The normalized spacial score (nSPS) is 14.4. The first-order valence-electron chi connectivity index (χ1n) is 4.07. The van der Waals surface area contributed by atoms with Crippen LogP contribution >= 0.6 is 11.3 Å². The van der Waals surface area contributed by atoms with Crippen LogP contribution in [0.25, 0.3) is 0 Å².